The molecule has 0 radical (unpaired) electrons. The number of nitrogens with one attached hydrogen (secondary N) is 1. The second kappa shape index (κ2) is 6.38. The number of fused-ring (bicyclic) bond motifs is 2. The Kier molecular flexibility index (Phi) is 4.05. The van der Waals surface area contributed by atoms with Crippen LogP contribution in [0.5, 0.6) is 11.5 Å². The number of para-hydroxylation sites is 1. The van der Waals surface area contributed by atoms with Gasteiger partial charge in [0.25, 0.3) is 0 Å². The number of aromatic amines is 1. The molecule has 3 aromatic rings. The van der Waals surface area contributed by atoms with Gasteiger partial charge in [-0.25, -0.2) is 4.79 Å². The van der Waals surface area contributed by atoms with Crippen LogP contribution in [0.15, 0.2) is 36.4 Å². The molecule has 2 aromatic carbocycles. The molecular formula is C19H14ClNO5. The molecule has 0 atom stereocenters. The van der Waals surface area contributed by atoms with E-state index < -0.39 is 5.97 Å². The summed E-state index contributed by atoms with van der Waals surface area (Å²) in [7, 11) is 0. The highest BCUT2D eigenvalue weighted by Gasteiger charge is 2.22. The number of hydrogen-bond acceptors (Lipinski definition) is 5. The summed E-state index contributed by atoms with van der Waals surface area (Å²) in [6.45, 7) is 1.49. The molecule has 4 rings (SSSR count). The molecule has 6 nitrogen and oxygen atoms in total. The summed E-state index contributed by atoms with van der Waals surface area (Å²) in [4.78, 5) is 28.0. The Bertz CT molecular complexity index is 1040. The van der Waals surface area contributed by atoms with Gasteiger partial charge in [-0.1, -0.05) is 29.8 Å². The van der Waals surface area contributed by atoms with Gasteiger partial charge < -0.3 is 19.2 Å². The molecule has 1 N–H and O–H groups in total. The van der Waals surface area contributed by atoms with E-state index in [9.17, 15) is 9.59 Å². The van der Waals surface area contributed by atoms with E-state index in [4.69, 9.17) is 25.8 Å². The van der Waals surface area contributed by atoms with Gasteiger partial charge in [-0.3, -0.25) is 4.79 Å². The van der Waals surface area contributed by atoms with Gasteiger partial charge in [-0.2, -0.15) is 0 Å². The van der Waals surface area contributed by atoms with E-state index in [-0.39, 0.29) is 29.8 Å². The molecule has 0 bridgehead atoms. The van der Waals surface area contributed by atoms with Crippen molar-refractivity contribution < 1.29 is 23.8 Å². The largest absolute Gasteiger partial charge is 0.454 e. The molecule has 0 aliphatic carbocycles. The molecule has 0 amide bonds. The normalized spacial score (nSPS) is 12.4. The van der Waals surface area contributed by atoms with Gasteiger partial charge in [-0.05, 0) is 25.1 Å². The number of ether oxygens (including phenoxy) is 3. The first-order chi connectivity index (χ1) is 12.5. The number of halogens is 1. The Labute approximate surface area is 153 Å². The summed E-state index contributed by atoms with van der Waals surface area (Å²) in [6, 6.07) is 10.4. The van der Waals surface area contributed by atoms with E-state index in [0.29, 0.717) is 17.1 Å². The van der Waals surface area contributed by atoms with E-state index >= 15 is 0 Å². The number of benzene rings is 2. The summed E-state index contributed by atoms with van der Waals surface area (Å²) in [6.07, 6.45) is 0. The molecule has 2 heterocycles. The van der Waals surface area contributed by atoms with Crippen LogP contribution >= 0.6 is 11.6 Å². The fraction of sp³-hybridized carbons (Fsp3) is 0.158. The minimum atomic E-state index is -0.656. The predicted molar refractivity (Wildman–Crippen MR) is 95.2 cm³/mol. The maximum atomic E-state index is 12.6. The van der Waals surface area contributed by atoms with Crippen molar-refractivity contribution >= 4 is 34.3 Å². The summed E-state index contributed by atoms with van der Waals surface area (Å²) in [5.41, 5.74) is 2.32. The van der Waals surface area contributed by atoms with Crippen molar-refractivity contribution in [3.63, 3.8) is 0 Å². The Morgan fingerprint density at radius 3 is 2.88 bits per heavy atom. The zero-order chi connectivity index (χ0) is 18.3. The van der Waals surface area contributed by atoms with E-state index in [2.05, 4.69) is 4.98 Å². The van der Waals surface area contributed by atoms with Gasteiger partial charge >= 0.3 is 5.97 Å². The van der Waals surface area contributed by atoms with E-state index in [0.717, 1.165) is 16.6 Å². The summed E-state index contributed by atoms with van der Waals surface area (Å²) in [5.74, 6) is -0.159. The number of aromatic nitrogens is 1. The first kappa shape index (κ1) is 16.5. The van der Waals surface area contributed by atoms with Crippen LogP contribution in [0.3, 0.4) is 0 Å². The minimum Gasteiger partial charge on any atom is -0.454 e. The first-order valence-electron chi connectivity index (χ1n) is 7.91. The summed E-state index contributed by atoms with van der Waals surface area (Å²) < 4.78 is 15.6. The van der Waals surface area contributed by atoms with Crippen molar-refractivity contribution in [3.8, 4) is 11.5 Å². The van der Waals surface area contributed by atoms with Crippen molar-refractivity contribution in [1.82, 2.24) is 4.98 Å². The topological polar surface area (TPSA) is 77.6 Å². The number of carbonyl (C=O) groups excluding carboxylic acids is 2. The molecule has 0 spiro atoms. The number of ketones is 1. The Hall–Kier alpha value is -2.99. The lowest BCUT2D eigenvalue weighted by Crippen LogP contribution is -2.15. The van der Waals surface area contributed by atoms with Crippen molar-refractivity contribution in [2.45, 2.75) is 6.92 Å². The second-order valence-electron chi connectivity index (χ2n) is 5.86. The van der Waals surface area contributed by atoms with Crippen LogP contribution in [-0.4, -0.2) is 30.1 Å². The highest BCUT2D eigenvalue weighted by atomic mass is 35.5. The molecule has 0 saturated heterocycles. The van der Waals surface area contributed by atoms with Gasteiger partial charge in [0.15, 0.2) is 18.1 Å². The van der Waals surface area contributed by atoms with Crippen molar-refractivity contribution in [3.05, 3.63) is 58.2 Å². The lowest BCUT2D eigenvalue weighted by atomic mass is 10.1. The fourth-order valence-electron chi connectivity index (χ4n) is 3.01. The van der Waals surface area contributed by atoms with Gasteiger partial charge in [-0.15, -0.1) is 0 Å². The van der Waals surface area contributed by atoms with Crippen LogP contribution in [-0.2, 0) is 4.74 Å². The molecule has 1 aromatic heterocycles. The summed E-state index contributed by atoms with van der Waals surface area (Å²) in [5, 5.41) is 1.06. The van der Waals surface area contributed by atoms with Crippen LogP contribution in [0, 0.1) is 6.92 Å². The second-order valence-corrected chi connectivity index (χ2v) is 6.27. The molecule has 1 aliphatic rings. The number of aryl methyl sites for hydroxylation is 1. The van der Waals surface area contributed by atoms with E-state index in [1.165, 1.54) is 12.1 Å². The average Bonchev–Trinajstić information content (AvgIpc) is 3.22. The standard InChI is InChI=1S/C19H14ClNO5/c1-10-17(12-4-2-3-5-14(12)21-10)15(22)8-24-19(23)11-6-13(20)18-16(7-11)25-9-26-18/h2-7,21H,8-9H2,1H3. The molecule has 1 aliphatic heterocycles. The minimum absolute atomic E-state index is 0.0475. The number of rotatable bonds is 4. The highest BCUT2D eigenvalue weighted by Crippen LogP contribution is 2.39. The SMILES string of the molecule is Cc1[nH]c2ccccc2c1C(=O)COC(=O)c1cc(Cl)c2c(c1)OCO2. The predicted octanol–water partition coefficient (Wildman–Crippen LogP) is 3.90. The Morgan fingerprint density at radius 1 is 1.23 bits per heavy atom. The lowest BCUT2D eigenvalue weighted by Gasteiger charge is -2.06. The third-order valence-corrected chi connectivity index (χ3v) is 4.45. The number of H-pyrrole nitrogens is 1. The van der Waals surface area contributed by atoms with Crippen molar-refractivity contribution in [2.24, 2.45) is 0 Å². The molecule has 0 fully saturated rings. The maximum Gasteiger partial charge on any atom is 0.338 e. The van der Waals surface area contributed by atoms with Gasteiger partial charge in [0, 0.05) is 22.2 Å². The average molecular weight is 372 g/mol. The van der Waals surface area contributed by atoms with E-state index in [1.54, 1.807) is 0 Å². The van der Waals surface area contributed by atoms with Gasteiger partial charge in [0.05, 0.1) is 10.6 Å². The van der Waals surface area contributed by atoms with Crippen LogP contribution in [0.4, 0.5) is 0 Å². The lowest BCUT2D eigenvalue weighted by molar-refractivity contribution is 0.0474. The van der Waals surface area contributed by atoms with Crippen molar-refractivity contribution in [1.29, 1.82) is 0 Å². The Morgan fingerprint density at radius 2 is 2.04 bits per heavy atom. The van der Waals surface area contributed by atoms with Crippen LogP contribution in [0.25, 0.3) is 10.9 Å². The zero-order valence-electron chi connectivity index (χ0n) is 13.8. The molecule has 26 heavy (non-hydrogen) atoms. The smallest absolute Gasteiger partial charge is 0.338 e. The third-order valence-electron chi connectivity index (χ3n) is 4.17. The fourth-order valence-corrected chi connectivity index (χ4v) is 3.27. The summed E-state index contributed by atoms with van der Waals surface area (Å²) >= 11 is 6.07. The van der Waals surface area contributed by atoms with Gasteiger partial charge in [0.1, 0.15) is 0 Å². The van der Waals surface area contributed by atoms with E-state index in [1.807, 2.05) is 31.2 Å². The third kappa shape index (κ3) is 2.78. The van der Waals surface area contributed by atoms with Crippen LogP contribution < -0.4 is 9.47 Å². The Balaban J connectivity index is 1.52. The maximum absolute atomic E-state index is 12.6. The number of carbonyl (C=O) groups is 2. The zero-order valence-corrected chi connectivity index (χ0v) is 14.6. The van der Waals surface area contributed by atoms with Crippen LogP contribution in [0.2, 0.25) is 5.02 Å². The number of hydrogen-bond donors (Lipinski definition) is 1. The van der Waals surface area contributed by atoms with Gasteiger partial charge in [0.2, 0.25) is 12.6 Å². The van der Waals surface area contributed by atoms with Crippen LogP contribution in [0.1, 0.15) is 26.4 Å². The quantitative estimate of drug-likeness (QED) is 0.556. The molecular weight excluding hydrogens is 358 g/mol. The number of esters is 1. The monoisotopic (exact) mass is 371 g/mol. The number of Topliss-reactive ketones (excluding diaryl/α,β-unsaturated/α-hetero) is 1. The highest BCUT2D eigenvalue weighted by molar-refractivity contribution is 6.32. The molecule has 7 heteroatoms. The molecule has 132 valence electrons. The molecule has 0 saturated carbocycles. The van der Waals surface area contributed by atoms with Crippen molar-refractivity contribution in [2.75, 3.05) is 13.4 Å². The first-order valence-corrected chi connectivity index (χ1v) is 8.29. The molecule has 0 unspecified atom stereocenters.